The number of para-hydroxylation sites is 1. The van der Waals surface area contributed by atoms with Gasteiger partial charge in [-0.2, -0.15) is 10.5 Å². The van der Waals surface area contributed by atoms with Crippen LogP contribution in [0.2, 0.25) is 0 Å². The van der Waals surface area contributed by atoms with Crippen molar-refractivity contribution in [1.82, 2.24) is 4.98 Å². The van der Waals surface area contributed by atoms with Gasteiger partial charge in [0.15, 0.2) is 0 Å². The summed E-state index contributed by atoms with van der Waals surface area (Å²) < 4.78 is 0. The molecule has 0 amide bonds. The summed E-state index contributed by atoms with van der Waals surface area (Å²) in [5, 5.41) is 18.7. The first-order valence-corrected chi connectivity index (χ1v) is 4.47. The van der Waals surface area contributed by atoms with Gasteiger partial charge in [0.2, 0.25) is 0 Å². The fourth-order valence-electron chi connectivity index (χ4n) is 1.59. The van der Waals surface area contributed by atoms with Crippen LogP contribution in [0.25, 0.3) is 10.9 Å². The number of hydrogen-bond donors (Lipinski definition) is 0. The predicted molar refractivity (Wildman–Crippen MR) is 55.9 cm³/mol. The highest BCUT2D eigenvalue weighted by molar-refractivity contribution is 5.87. The van der Waals surface area contributed by atoms with Gasteiger partial charge in [0.25, 0.3) is 0 Å². The van der Waals surface area contributed by atoms with E-state index in [1.165, 1.54) is 0 Å². The minimum Gasteiger partial charge on any atom is -0.252 e. The van der Waals surface area contributed by atoms with Crippen LogP contribution in [0.3, 0.4) is 0 Å². The van der Waals surface area contributed by atoms with Crippen molar-refractivity contribution in [1.29, 1.82) is 10.5 Å². The second-order valence-electron chi connectivity index (χ2n) is 3.19. The van der Waals surface area contributed by atoms with Crippen LogP contribution in [-0.4, -0.2) is 4.98 Å². The minimum absolute atomic E-state index is 0.371. The van der Waals surface area contributed by atoms with Gasteiger partial charge in [0.05, 0.1) is 22.3 Å². The molecule has 3 nitrogen and oxygen atoms in total. The molecular weight excluding hydrogens is 186 g/mol. The second kappa shape index (κ2) is 3.40. The predicted octanol–water partition coefficient (Wildman–Crippen LogP) is 2.29. The Morgan fingerprint density at radius 2 is 1.73 bits per heavy atom. The Bertz CT molecular complexity index is 615. The Kier molecular flexibility index (Phi) is 2.08. The quantitative estimate of drug-likeness (QED) is 0.644. The van der Waals surface area contributed by atoms with Crippen molar-refractivity contribution in [3.05, 3.63) is 41.1 Å². The molecule has 0 atom stereocenters. The maximum atomic E-state index is 9.04. The lowest BCUT2D eigenvalue weighted by Gasteiger charge is -2.03. The highest BCUT2D eigenvalue weighted by atomic mass is 14.7. The van der Waals surface area contributed by atoms with Crippen LogP contribution in [0.1, 0.15) is 16.8 Å². The summed E-state index contributed by atoms with van der Waals surface area (Å²) in [5.41, 5.74) is 2.15. The lowest BCUT2D eigenvalue weighted by atomic mass is 10.0. The zero-order chi connectivity index (χ0) is 10.8. The van der Waals surface area contributed by atoms with Crippen molar-refractivity contribution < 1.29 is 0 Å². The van der Waals surface area contributed by atoms with Crippen molar-refractivity contribution in [3.63, 3.8) is 0 Å². The standard InChI is InChI=1S/C12H7N3/c1-8-10(6-13)11(7-14)9-4-2-3-5-12(9)15-8/h2-5H,1H3. The van der Waals surface area contributed by atoms with Gasteiger partial charge >= 0.3 is 0 Å². The Morgan fingerprint density at radius 1 is 1.07 bits per heavy atom. The molecule has 1 heterocycles. The summed E-state index contributed by atoms with van der Waals surface area (Å²) in [6, 6.07) is 11.4. The summed E-state index contributed by atoms with van der Waals surface area (Å²) in [7, 11) is 0. The molecule has 0 unspecified atom stereocenters. The van der Waals surface area contributed by atoms with E-state index in [0.717, 1.165) is 10.9 Å². The molecule has 3 heteroatoms. The average Bonchev–Trinajstić information content (AvgIpc) is 2.27. The summed E-state index contributed by atoms with van der Waals surface area (Å²) in [5.74, 6) is 0. The van der Waals surface area contributed by atoms with Crippen LogP contribution in [0.4, 0.5) is 0 Å². The molecule has 1 aromatic heterocycles. The number of hydrogen-bond acceptors (Lipinski definition) is 3. The highest BCUT2D eigenvalue weighted by Gasteiger charge is 2.10. The van der Waals surface area contributed by atoms with Crippen LogP contribution in [0.5, 0.6) is 0 Å². The smallest absolute Gasteiger partial charge is 0.102 e. The van der Waals surface area contributed by atoms with Crippen LogP contribution in [0, 0.1) is 29.6 Å². The molecule has 0 bridgehead atoms. The zero-order valence-electron chi connectivity index (χ0n) is 8.15. The van der Waals surface area contributed by atoms with E-state index < -0.39 is 0 Å². The first kappa shape index (κ1) is 9.18. The molecule has 0 aliphatic carbocycles. The van der Waals surface area contributed by atoms with E-state index >= 15 is 0 Å². The fraction of sp³-hybridized carbons (Fsp3) is 0.0833. The number of fused-ring (bicyclic) bond motifs is 1. The third-order valence-corrected chi connectivity index (χ3v) is 2.30. The lowest BCUT2D eigenvalue weighted by Crippen LogP contribution is -1.94. The molecule has 2 rings (SSSR count). The van der Waals surface area contributed by atoms with Crippen molar-refractivity contribution in [2.75, 3.05) is 0 Å². The molecular formula is C12H7N3. The van der Waals surface area contributed by atoms with E-state index in [2.05, 4.69) is 11.1 Å². The maximum Gasteiger partial charge on any atom is 0.102 e. The van der Waals surface area contributed by atoms with Crippen LogP contribution in [-0.2, 0) is 0 Å². The number of nitrogens with zero attached hydrogens (tertiary/aromatic N) is 3. The topological polar surface area (TPSA) is 60.5 Å². The summed E-state index contributed by atoms with van der Waals surface area (Å²) in [4.78, 5) is 4.28. The first-order chi connectivity index (χ1) is 7.27. The van der Waals surface area contributed by atoms with Gasteiger partial charge in [-0.3, -0.25) is 4.98 Å². The van der Waals surface area contributed by atoms with Gasteiger partial charge in [-0.05, 0) is 13.0 Å². The third-order valence-electron chi connectivity index (χ3n) is 2.30. The van der Waals surface area contributed by atoms with E-state index in [-0.39, 0.29) is 0 Å². The van der Waals surface area contributed by atoms with Gasteiger partial charge in [0, 0.05) is 5.39 Å². The summed E-state index contributed by atoms with van der Waals surface area (Å²) in [6.07, 6.45) is 0. The van der Waals surface area contributed by atoms with E-state index in [1.54, 1.807) is 13.0 Å². The van der Waals surface area contributed by atoms with Crippen molar-refractivity contribution in [3.8, 4) is 12.1 Å². The number of rotatable bonds is 0. The third kappa shape index (κ3) is 1.31. The molecule has 0 saturated heterocycles. The van der Waals surface area contributed by atoms with Gasteiger partial charge in [0.1, 0.15) is 12.1 Å². The second-order valence-corrected chi connectivity index (χ2v) is 3.19. The Labute approximate surface area is 87.2 Å². The summed E-state index contributed by atoms with van der Waals surface area (Å²) in [6.45, 7) is 1.74. The molecule has 0 radical (unpaired) electrons. The Hall–Kier alpha value is -2.39. The normalized spacial score (nSPS) is 9.53. The van der Waals surface area contributed by atoms with Gasteiger partial charge in [-0.15, -0.1) is 0 Å². The number of aromatic nitrogens is 1. The monoisotopic (exact) mass is 193 g/mol. The largest absolute Gasteiger partial charge is 0.252 e. The zero-order valence-corrected chi connectivity index (χ0v) is 8.15. The molecule has 0 aliphatic rings. The molecule has 1 aromatic carbocycles. The van der Waals surface area contributed by atoms with Gasteiger partial charge < -0.3 is 0 Å². The molecule has 0 fully saturated rings. The molecule has 0 aliphatic heterocycles. The SMILES string of the molecule is Cc1nc2ccccc2c(C#N)c1C#N. The molecule has 0 spiro atoms. The number of benzene rings is 1. The van der Waals surface area contributed by atoms with Crippen LogP contribution >= 0.6 is 0 Å². The van der Waals surface area contributed by atoms with Crippen molar-refractivity contribution in [2.24, 2.45) is 0 Å². The molecule has 70 valence electrons. The van der Waals surface area contributed by atoms with Gasteiger partial charge in [-0.25, -0.2) is 0 Å². The van der Waals surface area contributed by atoms with E-state index in [4.69, 9.17) is 10.5 Å². The molecule has 0 saturated carbocycles. The van der Waals surface area contributed by atoms with Gasteiger partial charge in [-0.1, -0.05) is 18.2 Å². The van der Waals surface area contributed by atoms with Crippen LogP contribution in [0.15, 0.2) is 24.3 Å². The summed E-state index contributed by atoms with van der Waals surface area (Å²) >= 11 is 0. The van der Waals surface area contributed by atoms with Crippen molar-refractivity contribution >= 4 is 10.9 Å². The molecule has 15 heavy (non-hydrogen) atoms. The first-order valence-electron chi connectivity index (χ1n) is 4.47. The number of aryl methyl sites for hydroxylation is 1. The van der Waals surface area contributed by atoms with E-state index in [0.29, 0.717) is 16.8 Å². The molecule has 0 N–H and O–H groups in total. The minimum atomic E-state index is 0.371. The number of pyridine rings is 1. The maximum absolute atomic E-state index is 9.04. The van der Waals surface area contributed by atoms with E-state index in [1.807, 2.05) is 24.3 Å². The Morgan fingerprint density at radius 3 is 2.40 bits per heavy atom. The average molecular weight is 193 g/mol. The highest BCUT2D eigenvalue weighted by Crippen LogP contribution is 2.21. The van der Waals surface area contributed by atoms with Crippen molar-refractivity contribution in [2.45, 2.75) is 6.92 Å². The lowest BCUT2D eigenvalue weighted by molar-refractivity contribution is 1.22. The Balaban J connectivity index is 3.01. The fourth-order valence-corrected chi connectivity index (χ4v) is 1.59. The number of nitriles is 2. The molecule has 2 aromatic rings. The van der Waals surface area contributed by atoms with E-state index in [9.17, 15) is 0 Å². The van der Waals surface area contributed by atoms with Crippen LogP contribution < -0.4 is 0 Å².